The minimum absolute atomic E-state index is 0.00584. The van der Waals surface area contributed by atoms with Crippen molar-refractivity contribution in [3.8, 4) is 5.75 Å². The molecular formula is C24H28O4. The molecule has 2 aromatic rings. The maximum Gasteiger partial charge on any atom is 0.336 e. The lowest BCUT2D eigenvalue weighted by molar-refractivity contribution is -0.137. The van der Waals surface area contributed by atoms with Crippen LogP contribution in [0.3, 0.4) is 0 Å². The van der Waals surface area contributed by atoms with Crippen molar-refractivity contribution < 1.29 is 13.9 Å². The van der Waals surface area contributed by atoms with Crippen LogP contribution in [0.15, 0.2) is 51.2 Å². The van der Waals surface area contributed by atoms with E-state index in [0.29, 0.717) is 17.9 Å². The lowest BCUT2D eigenvalue weighted by Gasteiger charge is -2.55. The predicted molar refractivity (Wildman–Crippen MR) is 109 cm³/mol. The zero-order valence-corrected chi connectivity index (χ0v) is 17.1. The second-order valence-electron chi connectivity index (χ2n) is 9.39. The molecule has 0 spiro atoms. The first-order chi connectivity index (χ1) is 13.2. The first-order valence-electron chi connectivity index (χ1n) is 10.1. The molecule has 1 fully saturated rings. The van der Waals surface area contributed by atoms with Crippen LogP contribution in [0.4, 0.5) is 0 Å². The number of allylic oxidation sites excluding steroid dienone is 1. The van der Waals surface area contributed by atoms with Crippen molar-refractivity contribution in [3.05, 3.63) is 52.4 Å². The summed E-state index contributed by atoms with van der Waals surface area (Å²) in [5.41, 5.74) is 1.18. The highest BCUT2D eigenvalue weighted by Crippen LogP contribution is 2.58. The molecule has 1 heterocycles. The van der Waals surface area contributed by atoms with Gasteiger partial charge in [-0.25, -0.2) is 4.79 Å². The second kappa shape index (κ2) is 6.61. The van der Waals surface area contributed by atoms with Crippen molar-refractivity contribution in [2.24, 2.45) is 22.7 Å². The normalized spacial score (nSPS) is 29.3. The van der Waals surface area contributed by atoms with Gasteiger partial charge in [-0.15, -0.1) is 0 Å². The Hall–Kier alpha value is -2.36. The van der Waals surface area contributed by atoms with Crippen LogP contribution < -0.4 is 10.4 Å². The van der Waals surface area contributed by atoms with Gasteiger partial charge >= 0.3 is 5.63 Å². The molecule has 0 amide bonds. The molecule has 2 aliphatic rings. The largest absolute Gasteiger partial charge is 0.493 e. The van der Waals surface area contributed by atoms with Crippen molar-refractivity contribution in [2.75, 3.05) is 6.61 Å². The number of ketones is 1. The molecule has 0 N–H and O–H groups in total. The summed E-state index contributed by atoms with van der Waals surface area (Å²) in [7, 11) is 0. The van der Waals surface area contributed by atoms with E-state index in [1.54, 1.807) is 12.1 Å². The summed E-state index contributed by atoms with van der Waals surface area (Å²) in [6.07, 6.45) is 5.10. The fraction of sp³-hybridized carbons (Fsp3) is 0.500. The van der Waals surface area contributed by atoms with E-state index in [2.05, 4.69) is 27.7 Å². The van der Waals surface area contributed by atoms with Crippen molar-refractivity contribution >= 4 is 16.8 Å². The smallest absolute Gasteiger partial charge is 0.336 e. The molecule has 0 bridgehead atoms. The Morgan fingerprint density at radius 1 is 1.11 bits per heavy atom. The minimum atomic E-state index is -0.367. The monoisotopic (exact) mass is 380 g/mol. The van der Waals surface area contributed by atoms with Crippen LogP contribution in [-0.4, -0.2) is 12.4 Å². The molecule has 2 aliphatic carbocycles. The van der Waals surface area contributed by atoms with Crippen LogP contribution >= 0.6 is 0 Å². The Morgan fingerprint density at radius 2 is 1.86 bits per heavy atom. The number of benzene rings is 1. The SMILES string of the molecule is CC1=CC(=O)C2C(C)(C)CCCC2(C)C1COc1ccc2ccc(=O)oc2c1. The average molecular weight is 380 g/mol. The Morgan fingerprint density at radius 3 is 2.64 bits per heavy atom. The standard InChI is InChI=1S/C24H28O4/c1-15-12-19(25)22-23(2,3)10-5-11-24(22,4)18(15)14-27-17-8-6-16-7-9-21(26)28-20(16)13-17/h6-9,12-13,18,22H,5,10-11,14H2,1-4H3. The Balaban J connectivity index is 1.62. The molecule has 1 saturated carbocycles. The van der Waals surface area contributed by atoms with E-state index < -0.39 is 0 Å². The predicted octanol–water partition coefficient (Wildman–Crippen LogP) is 5.15. The van der Waals surface area contributed by atoms with Crippen LogP contribution in [0, 0.1) is 22.7 Å². The van der Waals surface area contributed by atoms with E-state index in [-0.39, 0.29) is 34.1 Å². The van der Waals surface area contributed by atoms with Gasteiger partial charge in [0.25, 0.3) is 0 Å². The van der Waals surface area contributed by atoms with E-state index in [9.17, 15) is 9.59 Å². The Bertz CT molecular complexity index is 1010. The number of carbonyl (C=O) groups excluding carboxylic acids is 1. The van der Waals surface area contributed by atoms with E-state index >= 15 is 0 Å². The van der Waals surface area contributed by atoms with Crippen molar-refractivity contribution in [3.63, 3.8) is 0 Å². The van der Waals surface area contributed by atoms with Crippen LogP contribution in [0.5, 0.6) is 5.75 Å². The second-order valence-corrected chi connectivity index (χ2v) is 9.39. The third kappa shape index (κ3) is 3.09. The topological polar surface area (TPSA) is 56.5 Å². The molecule has 4 nitrogen and oxygen atoms in total. The number of rotatable bonds is 3. The van der Waals surface area contributed by atoms with E-state index in [4.69, 9.17) is 9.15 Å². The Labute approximate surface area is 165 Å². The fourth-order valence-corrected chi connectivity index (χ4v) is 5.75. The quantitative estimate of drug-likeness (QED) is 0.691. The van der Waals surface area contributed by atoms with Gasteiger partial charge in [0, 0.05) is 29.4 Å². The summed E-state index contributed by atoms with van der Waals surface area (Å²) in [5, 5.41) is 0.868. The number of hydrogen-bond acceptors (Lipinski definition) is 4. The molecule has 1 aromatic carbocycles. The van der Waals surface area contributed by atoms with Crippen molar-refractivity contribution in [2.45, 2.75) is 47.0 Å². The van der Waals surface area contributed by atoms with E-state index in [0.717, 1.165) is 30.2 Å². The van der Waals surface area contributed by atoms with Crippen LogP contribution in [0.25, 0.3) is 11.0 Å². The fourth-order valence-electron chi connectivity index (χ4n) is 5.75. The first kappa shape index (κ1) is 19.0. The van der Waals surface area contributed by atoms with E-state index in [1.807, 2.05) is 18.2 Å². The summed E-state index contributed by atoms with van der Waals surface area (Å²) in [4.78, 5) is 24.4. The summed E-state index contributed by atoms with van der Waals surface area (Å²) < 4.78 is 11.4. The average Bonchev–Trinajstić information content (AvgIpc) is 2.59. The van der Waals surface area contributed by atoms with Crippen molar-refractivity contribution in [1.82, 2.24) is 0 Å². The minimum Gasteiger partial charge on any atom is -0.493 e. The molecule has 1 aromatic heterocycles. The molecular weight excluding hydrogens is 352 g/mol. The summed E-state index contributed by atoms with van der Waals surface area (Å²) >= 11 is 0. The van der Waals surface area contributed by atoms with Crippen molar-refractivity contribution in [1.29, 1.82) is 0 Å². The first-order valence-corrected chi connectivity index (χ1v) is 10.1. The Kier molecular flexibility index (Phi) is 4.48. The highest BCUT2D eigenvalue weighted by Gasteiger charge is 2.55. The van der Waals surface area contributed by atoms with Gasteiger partial charge in [0.1, 0.15) is 11.3 Å². The van der Waals surface area contributed by atoms with Gasteiger partial charge in [-0.3, -0.25) is 4.79 Å². The zero-order valence-electron chi connectivity index (χ0n) is 17.1. The van der Waals surface area contributed by atoms with Gasteiger partial charge in [-0.05, 0) is 54.9 Å². The molecule has 148 valence electrons. The van der Waals surface area contributed by atoms with Gasteiger partial charge in [-0.2, -0.15) is 0 Å². The van der Waals surface area contributed by atoms with Gasteiger partial charge in [-0.1, -0.05) is 32.8 Å². The maximum atomic E-state index is 12.9. The lowest BCUT2D eigenvalue weighted by atomic mass is 9.48. The molecule has 3 atom stereocenters. The van der Waals surface area contributed by atoms with Crippen LogP contribution in [0.2, 0.25) is 0 Å². The number of ether oxygens (including phenoxy) is 1. The summed E-state index contributed by atoms with van der Waals surface area (Å²) in [6, 6.07) is 8.74. The molecule has 4 rings (SSSR count). The van der Waals surface area contributed by atoms with Gasteiger partial charge in [0.15, 0.2) is 5.78 Å². The highest BCUT2D eigenvalue weighted by atomic mass is 16.5. The van der Waals surface area contributed by atoms with Crippen LogP contribution in [0.1, 0.15) is 47.0 Å². The number of carbonyl (C=O) groups is 1. The molecule has 3 unspecified atom stereocenters. The maximum absolute atomic E-state index is 12.9. The van der Waals surface area contributed by atoms with Gasteiger partial charge < -0.3 is 9.15 Å². The van der Waals surface area contributed by atoms with Gasteiger partial charge in [0.2, 0.25) is 0 Å². The molecule has 28 heavy (non-hydrogen) atoms. The molecule has 0 saturated heterocycles. The third-order valence-electron chi connectivity index (χ3n) is 6.99. The third-order valence-corrected chi connectivity index (χ3v) is 6.99. The summed E-state index contributed by atoms with van der Waals surface area (Å²) in [6.45, 7) is 9.28. The van der Waals surface area contributed by atoms with E-state index in [1.165, 1.54) is 6.07 Å². The van der Waals surface area contributed by atoms with Gasteiger partial charge in [0.05, 0.1) is 6.61 Å². The lowest BCUT2D eigenvalue weighted by Crippen LogP contribution is -2.53. The molecule has 0 aliphatic heterocycles. The highest BCUT2D eigenvalue weighted by molar-refractivity contribution is 5.95. The molecule has 4 heteroatoms. The molecule has 0 radical (unpaired) electrons. The number of hydrogen-bond donors (Lipinski definition) is 0. The summed E-state index contributed by atoms with van der Waals surface area (Å²) in [5.74, 6) is 1.17. The van der Waals surface area contributed by atoms with Crippen LogP contribution in [-0.2, 0) is 4.79 Å². The number of fused-ring (bicyclic) bond motifs is 2. The zero-order chi connectivity index (χ0) is 20.1.